The van der Waals surface area contributed by atoms with Crippen molar-refractivity contribution in [3.8, 4) is 6.07 Å². The van der Waals surface area contributed by atoms with Crippen LogP contribution in [0.4, 0.5) is 0 Å². The van der Waals surface area contributed by atoms with Gasteiger partial charge in [0.15, 0.2) is 11.1 Å². The van der Waals surface area contributed by atoms with Crippen LogP contribution >= 0.6 is 0 Å². The molecule has 1 aromatic carbocycles. The minimum atomic E-state index is -1.56. The van der Waals surface area contributed by atoms with E-state index in [4.69, 9.17) is 9.44 Å². The Bertz CT molecular complexity index is 536. The van der Waals surface area contributed by atoms with E-state index in [9.17, 15) is 4.21 Å². The Balaban J connectivity index is 2.06. The Labute approximate surface area is 115 Å². The fraction of sp³-hybridized carbons (Fsp3) is 0.308. The second-order valence-electron chi connectivity index (χ2n) is 4.09. The van der Waals surface area contributed by atoms with E-state index in [0.29, 0.717) is 10.5 Å². The van der Waals surface area contributed by atoms with Crippen LogP contribution in [0.5, 0.6) is 0 Å². The van der Waals surface area contributed by atoms with Gasteiger partial charge >= 0.3 is 0 Å². The smallest absolute Gasteiger partial charge is 0.224 e. The lowest BCUT2D eigenvalue weighted by Crippen LogP contribution is -2.39. The minimum absolute atomic E-state index is 0.360. The summed E-state index contributed by atoms with van der Waals surface area (Å²) in [5.41, 5.74) is 0.538. The van der Waals surface area contributed by atoms with Crippen molar-refractivity contribution >= 4 is 11.1 Å². The number of nitriles is 1. The average molecular weight is 277 g/mol. The molecule has 5 nitrogen and oxygen atoms in total. The molecule has 1 aromatic rings. The number of nitrogens with zero attached hydrogens (tertiary/aromatic N) is 3. The zero-order chi connectivity index (χ0) is 13.8. The molecule has 1 heterocycles. The molecule has 0 saturated carbocycles. The van der Waals surface area contributed by atoms with Gasteiger partial charge in [-0.25, -0.2) is 8.39 Å². The number of hydrogen-bond acceptors (Lipinski definition) is 5. The molecule has 0 saturated heterocycles. The Morgan fingerprint density at radius 1 is 1.37 bits per heavy atom. The topological polar surface area (TPSA) is 56.6 Å². The van der Waals surface area contributed by atoms with Crippen LogP contribution in [-0.2, 0) is 15.3 Å². The summed E-state index contributed by atoms with van der Waals surface area (Å²) >= 11 is -1.56. The van der Waals surface area contributed by atoms with Gasteiger partial charge in [0.25, 0.3) is 0 Å². The third-order valence-electron chi connectivity index (χ3n) is 2.84. The monoisotopic (exact) mass is 277 g/mol. The summed E-state index contributed by atoms with van der Waals surface area (Å²) < 4.78 is 17.7. The van der Waals surface area contributed by atoms with Crippen LogP contribution in [0.15, 0.2) is 41.6 Å². The molecule has 1 aliphatic rings. The van der Waals surface area contributed by atoms with Crippen molar-refractivity contribution in [2.75, 3.05) is 13.6 Å². The van der Waals surface area contributed by atoms with E-state index >= 15 is 0 Å². The van der Waals surface area contributed by atoms with Crippen molar-refractivity contribution in [2.24, 2.45) is 0 Å². The molecule has 0 spiro atoms. The number of hydrogen-bond donors (Lipinski definition) is 0. The molecule has 2 atom stereocenters. The maximum Gasteiger partial charge on any atom is 0.224 e. The maximum absolute atomic E-state index is 12.1. The van der Waals surface area contributed by atoms with Crippen LogP contribution in [0.25, 0.3) is 0 Å². The molecular formula is C13H15N3O2S. The lowest BCUT2D eigenvalue weighted by Gasteiger charge is -2.28. The normalized spacial score (nSPS) is 19.5. The zero-order valence-electron chi connectivity index (χ0n) is 10.8. The van der Waals surface area contributed by atoms with Crippen LogP contribution in [0, 0.1) is 11.3 Å². The van der Waals surface area contributed by atoms with Gasteiger partial charge in [-0.15, -0.1) is 0 Å². The highest BCUT2D eigenvalue weighted by Gasteiger charge is 2.26. The van der Waals surface area contributed by atoms with Crippen molar-refractivity contribution in [3.05, 3.63) is 42.2 Å². The molecule has 1 aliphatic heterocycles. The van der Waals surface area contributed by atoms with Crippen LogP contribution in [0.1, 0.15) is 12.5 Å². The summed E-state index contributed by atoms with van der Waals surface area (Å²) in [4.78, 5) is 4.35. The highest BCUT2D eigenvalue weighted by atomic mass is 32.2. The SMILES string of the molecule is CCN1C=CN(C)C1OS(=O)c1ccc(C#N)cc1. The van der Waals surface area contributed by atoms with Crippen molar-refractivity contribution in [3.63, 3.8) is 0 Å². The first-order valence-electron chi connectivity index (χ1n) is 5.90. The Kier molecular flexibility index (Phi) is 4.20. The third-order valence-corrected chi connectivity index (χ3v) is 3.84. The van der Waals surface area contributed by atoms with Gasteiger partial charge in [-0.05, 0) is 31.2 Å². The van der Waals surface area contributed by atoms with Gasteiger partial charge in [-0.1, -0.05) is 0 Å². The van der Waals surface area contributed by atoms with Crippen LogP contribution in [-0.4, -0.2) is 34.0 Å². The van der Waals surface area contributed by atoms with Gasteiger partial charge < -0.3 is 9.80 Å². The molecule has 2 rings (SSSR count). The summed E-state index contributed by atoms with van der Waals surface area (Å²) in [5.74, 6) is 0. The van der Waals surface area contributed by atoms with Crippen LogP contribution < -0.4 is 0 Å². The van der Waals surface area contributed by atoms with E-state index in [1.165, 1.54) is 0 Å². The fourth-order valence-corrected chi connectivity index (χ4v) is 2.60. The summed E-state index contributed by atoms with van der Waals surface area (Å²) in [6, 6.07) is 8.58. The lowest BCUT2D eigenvalue weighted by molar-refractivity contribution is -0.000419. The second-order valence-corrected chi connectivity index (χ2v) is 5.22. The average Bonchev–Trinajstić information content (AvgIpc) is 2.79. The summed E-state index contributed by atoms with van der Waals surface area (Å²) in [5, 5.41) is 8.72. The fourth-order valence-electron chi connectivity index (χ4n) is 1.73. The summed E-state index contributed by atoms with van der Waals surface area (Å²) in [6.07, 6.45) is 3.42. The van der Waals surface area contributed by atoms with Crippen molar-refractivity contribution < 1.29 is 8.39 Å². The molecule has 2 unspecified atom stereocenters. The summed E-state index contributed by atoms with van der Waals surface area (Å²) in [7, 11) is 1.87. The predicted molar refractivity (Wildman–Crippen MR) is 71.7 cm³/mol. The molecule has 0 radical (unpaired) electrons. The van der Waals surface area contributed by atoms with E-state index in [-0.39, 0.29) is 6.35 Å². The van der Waals surface area contributed by atoms with E-state index < -0.39 is 11.1 Å². The Hall–Kier alpha value is -1.84. The first-order valence-corrected chi connectivity index (χ1v) is 6.98. The van der Waals surface area contributed by atoms with Gasteiger partial charge in [0.1, 0.15) is 0 Å². The quantitative estimate of drug-likeness (QED) is 0.837. The van der Waals surface area contributed by atoms with Crippen molar-refractivity contribution in [1.29, 1.82) is 5.26 Å². The first kappa shape index (κ1) is 13.6. The highest BCUT2D eigenvalue weighted by molar-refractivity contribution is 7.80. The Morgan fingerprint density at radius 2 is 2.05 bits per heavy atom. The third kappa shape index (κ3) is 2.95. The molecule has 0 N–H and O–H groups in total. The number of rotatable bonds is 4. The summed E-state index contributed by atoms with van der Waals surface area (Å²) in [6.45, 7) is 2.78. The molecular weight excluding hydrogens is 262 g/mol. The molecule has 100 valence electrons. The van der Waals surface area contributed by atoms with Gasteiger partial charge in [0, 0.05) is 26.0 Å². The lowest BCUT2D eigenvalue weighted by atomic mass is 10.2. The van der Waals surface area contributed by atoms with Crippen molar-refractivity contribution in [2.45, 2.75) is 18.2 Å². The number of benzene rings is 1. The molecule has 0 aromatic heterocycles. The first-order chi connectivity index (χ1) is 9.15. The molecule has 0 bridgehead atoms. The van der Waals surface area contributed by atoms with Crippen LogP contribution in [0.2, 0.25) is 0 Å². The Morgan fingerprint density at radius 3 is 2.63 bits per heavy atom. The predicted octanol–water partition coefficient (Wildman–Crippen LogP) is 1.62. The van der Waals surface area contributed by atoms with Crippen molar-refractivity contribution in [1.82, 2.24) is 9.80 Å². The largest absolute Gasteiger partial charge is 0.336 e. The second kappa shape index (κ2) is 5.87. The van der Waals surface area contributed by atoms with E-state index in [1.807, 2.05) is 42.2 Å². The molecule has 0 aliphatic carbocycles. The van der Waals surface area contributed by atoms with Gasteiger partial charge in [-0.3, -0.25) is 0 Å². The van der Waals surface area contributed by atoms with Gasteiger partial charge in [-0.2, -0.15) is 5.26 Å². The van der Waals surface area contributed by atoms with E-state index in [2.05, 4.69) is 0 Å². The highest BCUT2D eigenvalue weighted by Crippen LogP contribution is 2.19. The standard InChI is InChI=1S/C13H15N3O2S/c1-3-16-9-8-15(2)13(16)18-19(17)12-6-4-11(10-14)5-7-12/h4-9,13H,3H2,1-2H3. The van der Waals surface area contributed by atoms with Crippen LogP contribution in [0.3, 0.4) is 0 Å². The van der Waals surface area contributed by atoms with E-state index in [1.54, 1.807) is 24.3 Å². The zero-order valence-corrected chi connectivity index (χ0v) is 11.6. The molecule has 6 heteroatoms. The minimum Gasteiger partial charge on any atom is -0.336 e. The maximum atomic E-state index is 12.1. The molecule has 19 heavy (non-hydrogen) atoms. The molecule has 0 fully saturated rings. The van der Waals surface area contributed by atoms with Gasteiger partial charge in [0.2, 0.25) is 6.35 Å². The van der Waals surface area contributed by atoms with Gasteiger partial charge in [0.05, 0.1) is 16.5 Å². The molecule has 0 amide bonds. The van der Waals surface area contributed by atoms with E-state index in [0.717, 1.165) is 6.54 Å².